The number of rotatable bonds is 0. The SMILES string of the molecule is O=c1cc(O)nc2cnc(Br)cn12. The molecule has 0 spiro atoms. The molecular weight excluding hydrogens is 238 g/mol. The van der Waals surface area contributed by atoms with Gasteiger partial charge in [0, 0.05) is 6.20 Å². The molecule has 0 amide bonds. The first kappa shape index (κ1) is 8.18. The van der Waals surface area contributed by atoms with Crippen LogP contribution in [0, 0.1) is 0 Å². The summed E-state index contributed by atoms with van der Waals surface area (Å²) in [5, 5.41) is 9.02. The van der Waals surface area contributed by atoms with Crippen molar-refractivity contribution in [1.82, 2.24) is 14.4 Å². The van der Waals surface area contributed by atoms with Gasteiger partial charge in [0.05, 0.1) is 12.3 Å². The van der Waals surface area contributed by atoms with E-state index in [2.05, 4.69) is 25.9 Å². The highest BCUT2D eigenvalue weighted by Crippen LogP contribution is 2.06. The van der Waals surface area contributed by atoms with E-state index < -0.39 is 0 Å². The molecule has 0 aliphatic carbocycles. The van der Waals surface area contributed by atoms with Crippen LogP contribution in [0.15, 0.2) is 27.9 Å². The van der Waals surface area contributed by atoms with E-state index in [-0.39, 0.29) is 11.4 Å². The van der Waals surface area contributed by atoms with Crippen molar-refractivity contribution in [3.05, 3.63) is 33.4 Å². The smallest absolute Gasteiger partial charge is 0.261 e. The van der Waals surface area contributed by atoms with Gasteiger partial charge < -0.3 is 5.11 Å². The van der Waals surface area contributed by atoms with Crippen molar-refractivity contribution in [2.75, 3.05) is 0 Å². The van der Waals surface area contributed by atoms with Crippen molar-refractivity contribution >= 4 is 21.6 Å². The predicted octanol–water partition coefficient (Wildman–Crippen LogP) is 0.558. The Balaban J connectivity index is 2.95. The monoisotopic (exact) mass is 241 g/mol. The molecule has 0 fully saturated rings. The van der Waals surface area contributed by atoms with Crippen molar-refractivity contribution in [2.45, 2.75) is 0 Å². The summed E-state index contributed by atoms with van der Waals surface area (Å²) < 4.78 is 1.83. The second-order valence-electron chi connectivity index (χ2n) is 2.39. The zero-order valence-electron chi connectivity index (χ0n) is 6.31. The summed E-state index contributed by atoms with van der Waals surface area (Å²) >= 11 is 3.12. The predicted molar refractivity (Wildman–Crippen MR) is 48.6 cm³/mol. The number of fused-ring (bicyclic) bond motifs is 1. The van der Waals surface area contributed by atoms with Gasteiger partial charge in [0.2, 0.25) is 5.88 Å². The van der Waals surface area contributed by atoms with E-state index in [1.807, 2.05) is 0 Å². The first-order chi connectivity index (χ1) is 6.16. The van der Waals surface area contributed by atoms with Crippen molar-refractivity contribution in [3.63, 3.8) is 0 Å². The molecule has 0 saturated carbocycles. The second kappa shape index (κ2) is 2.81. The van der Waals surface area contributed by atoms with Gasteiger partial charge in [0.25, 0.3) is 5.56 Å². The van der Waals surface area contributed by atoms with Crippen LogP contribution in [0.1, 0.15) is 0 Å². The molecule has 0 aromatic carbocycles. The van der Waals surface area contributed by atoms with Crippen LogP contribution in [0.3, 0.4) is 0 Å². The Kier molecular flexibility index (Phi) is 1.77. The van der Waals surface area contributed by atoms with Crippen LogP contribution < -0.4 is 5.56 Å². The maximum atomic E-state index is 11.3. The first-order valence-electron chi connectivity index (χ1n) is 3.41. The molecule has 13 heavy (non-hydrogen) atoms. The lowest BCUT2D eigenvalue weighted by Crippen LogP contribution is -2.13. The fourth-order valence-corrected chi connectivity index (χ4v) is 1.28. The zero-order chi connectivity index (χ0) is 9.42. The van der Waals surface area contributed by atoms with Crippen molar-refractivity contribution in [2.24, 2.45) is 0 Å². The molecule has 0 aliphatic heterocycles. The lowest BCUT2D eigenvalue weighted by molar-refractivity contribution is 0.452. The molecule has 2 aromatic heterocycles. The molecule has 0 unspecified atom stereocenters. The number of hydrogen-bond acceptors (Lipinski definition) is 4. The largest absolute Gasteiger partial charge is 0.493 e. The van der Waals surface area contributed by atoms with Gasteiger partial charge in [-0.2, -0.15) is 4.98 Å². The fraction of sp³-hybridized carbons (Fsp3) is 0. The number of nitrogens with zero attached hydrogens (tertiary/aromatic N) is 3. The van der Waals surface area contributed by atoms with E-state index in [4.69, 9.17) is 5.11 Å². The summed E-state index contributed by atoms with van der Waals surface area (Å²) in [5.74, 6) is -0.297. The first-order valence-corrected chi connectivity index (χ1v) is 4.20. The summed E-state index contributed by atoms with van der Waals surface area (Å²) in [7, 11) is 0. The van der Waals surface area contributed by atoms with Crippen molar-refractivity contribution in [3.8, 4) is 5.88 Å². The molecule has 1 N–H and O–H groups in total. The molecule has 6 heteroatoms. The van der Waals surface area contributed by atoms with Crippen LogP contribution in [-0.4, -0.2) is 19.5 Å². The molecule has 2 heterocycles. The van der Waals surface area contributed by atoms with Crippen LogP contribution in [0.25, 0.3) is 5.65 Å². The number of hydrogen-bond donors (Lipinski definition) is 1. The minimum absolute atomic E-state index is 0.297. The molecule has 66 valence electrons. The highest BCUT2D eigenvalue weighted by atomic mass is 79.9. The number of halogens is 1. The van der Waals surface area contributed by atoms with Gasteiger partial charge in [0.1, 0.15) is 4.60 Å². The molecular formula is C7H4BrN3O2. The molecule has 0 radical (unpaired) electrons. The summed E-state index contributed by atoms with van der Waals surface area (Å²) in [4.78, 5) is 18.9. The van der Waals surface area contributed by atoms with Crippen LogP contribution >= 0.6 is 15.9 Å². The minimum Gasteiger partial charge on any atom is -0.493 e. The Labute approximate surface area is 80.8 Å². The van der Waals surface area contributed by atoms with E-state index in [0.717, 1.165) is 6.07 Å². The van der Waals surface area contributed by atoms with Gasteiger partial charge >= 0.3 is 0 Å². The molecule has 0 bridgehead atoms. The van der Waals surface area contributed by atoms with Crippen LogP contribution in [-0.2, 0) is 0 Å². The molecule has 5 nitrogen and oxygen atoms in total. The summed E-state index contributed by atoms with van der Waals surface area (Å²) in [5.41, 5.74) is -0.0289. The standard InChI is InChI=1S/C7H4BrN3O2/c8-4-3-11-5(2-9-4)10-6(12)1-7(11)13/h1-3,12H. The van der Waals surface area contributed by atoms with Gasteiger partial charge in [-0.25, -0.2) is 4.98 Å². The van der Waals surface area contributed by atoms with Crippen molar-refractivity contribution < 1.29 is 5.11 Å². The van der Waals surface area contributed by atoms with E-state index in [0.29, 0.717) is 10.3 Å². The van der Waals surface area contributed by atoms with E-state index in [1.54, 1.807) is 0 Å². The number of aromatic hydroxyl groups is 1. The highest BCUT2D eigenvalue weighted by molar-refractivity contribution is 9.10. The maximum absolute atomic E-state index is 11.3. The topological polar surface area (TPSA) is 67.5 Å². The highest BCUT2D eigenvalue weighted by Gasteiger charge is 2.00. The number of aromatic nitrogens is 3. The zero-order valence-corrected chi connectivity index (χ0v) is 7.89. The van der Waals surface area contributed by atoms with Gasteiger partial charge in [-0.1, -0.05) is 0 Å². The average molecular weight is 242 g/mol. The third-order valence-corrected chi connectivity index (χ3v) is 1.91. The second-order valence-corrected chi connectivity index (χ2v) is 3.20. The summed E-state index contributed by atoms with van der Waals surface area (Å²) in [6.07, 6.45) is 2.88. The Morgan fingerprint density at radius 2 is 2.31 bits per heavy atom. The Bertz CT molecular complexity index is 523. The van der Waals surface area contributed by atoms with Gasteiger partial charge in [-0.15, -0.1) is 0 Å². The molecule has 2 rings (SSSR count). The van der Waals surface area contributed by atoms with E-state index >= 15 is 0 Å². The fourth-order valence-electron chi connectivity index (χ4n) is 0.976. The summed E-state index contributed by atoms with van der Waals surface area (Å²) in [6, 6.07) is 1.04. The molecule has 2 aromatic rings. The average Bonchev–Trinajstić information content (AvgIpc) is 2.06. The minimum atomic E-state index is -0.342. The van der Waals surface area contributed by atoms with Crippen LogP contribution in [0.5, 0.6) is 5.88 Å². The molecule has 0 atom stereocenters. The van der Waals surface area contributed by atoms with Gasteiger partial charge in [-0.3, -0.25) is 9.20 Å². The normalized spacial score (nSPS) is 10.5. The van der Waals surface area contributed by atoms with Crippen LogP contribution in [0.2, 0.25) is 0 Å². The quantitative estimate of drug-likeness (QED) is 0.732. The third kappa shape index (κ3) is 1.40. The molecule has 0 aliphatic rings. The van der Waals surface area contributed by atoms with Crippen LogP contribution in [0.4, 0.5) is 0 Å². The lowest BCUT2D eigenvalue weighted by Gasteiger charge is -1.98. The Hall–Kier alpha value is -1.43. The molecule has 0 saturated heterocycles. The third-order valence-electron chi connectivity index (χ3n) is 1.50. The lowest BCUT2D eigenvalue weighted by atomic mass is 10.5. The summed E-state index contributed by atoms with van der Waals surface area (Å²) in [6.45, 7) is 0. The Morgan fingerprint density at radius 1 is 1.54 bits per heavy atom. The Morgan fingerprint density at radius 3 is 3.08 bits per heavy atom. The maximum Gasteiger partial charge on any atom is 0.261 e. The van der Waals surface area contributed by atoms with Gasteiger partial charge in [0.15, 0.2) is 5.65 Å². The van der Waals surface area contributed by atoms with Gasteiger partial charge in [-0.05, 0) is 15.9 Å². The van der Waals surface area contributed by atoms with E-state index in [9.17, 15) is 4.79 Å². The van der Waals surface area contributed by atoms with E-state index in [1.165, 1.54) is 16.8 Å². The van der Waals surface area contributed by atoms with Crippen molar-refractivity contribution in [1.29, 1.82) is 0 Å².